The lowest BCUT2D eigenvalue weighted by Crippen LogP contribution is -2.38. The van der Waals surface area contributed by atoms with Crippen LogP contribution < -0.4 is 16.2 Å². The van der Waals surface area contributed by atoms with Gasteiger partial charge in [0.05, 0.1) is 0 Å². The SMILES string of the molecule is CCC(CC)N(CC(C)C)c1cc(NN)nc(C(C)C)n1. The minimum atomic E-state index is 0.277. The van der Waals surface area contributed by atoms with Gasteiger partial charge in [0.15, 0.2) is 0 Å². The van der Waals surface area contributed by atoms with Gasteiger partial charge in [-0.1, -0.05) is 41.5 Å². The Morgan fingerprint density at radius 1 is 1.14 bits per heavy atom. The van der Waals surface area contributed by atoms with Crippen molar-refractivity contribution in [1.82, 2.24) is 9.97 Å². The Morgan fingerprint density at radius 3 is 2.19 bits per heavy atom. The molecular formula is C16H31N5. The number of aromatic nitrogens is 2. The minimum absolute atomic E-state index is 0.277. The second kappa shape index (κ2) is 8.17. The number of hydrogen-bond donors (Lipinski definition) is 2. The van der Waals surface area contributed by atoms with E-state index in [-0.39, 0.29) is 5.92 Å². The molecule has 0 unspecified atom stereocenters. The summed E-state index contributed by atoms with van der Waals surface area (Å²) in [6.45, 7) is 14.1. The zero-order valence-electron chi connectivity index (χ0n) is 14.3. The summed E-state index contributed by atoms with van der Waals surface area (Å²) < 4.78 is 0. The molecule has 120 valence electrons. The number of hydrogen-bond acceptors (Lipinski definition) is 5. The van der Waals surface area contributed by atoms with Gasteiger partial charge in [-0.2, -0.15) is 0 Å². The lowest BCUT2D eigenvalue weighted by Gasteiger charge is -2.33. The third-order valence-corrected chi connectivity index (χ3v) is 3.63. The molecule has 0 spiro atoms. The lowest BCUT2D eigenvalue weighted by atomic mass is 10.1. The van der Waals surface area contributed by atoms with Crippen molar-refractivity contribution >= 4 is 11.6 Å². The Balaban J connectivity index is 3.24. The Hall–Kier alpha value is -1.36. The summed E-state index contributed by atoms with van der Waals surface area (Å²) in [5.74, 6) is 8.92. The molecule has 0 aromatic carbocycles. The number of anilines is 2. The average Bonchev–Trinajstić information content (AvgIpc) is 2.46. The molecule has 0 saturated heterocycles. The molecule has 0 radical (unpaired) electrons. The summed E-state index contributed by atoms with van der Waals surface area (Å²) >= 11 is 0. The van der Waals surface area contributed by atoms with Crippen molar-refractivity contribution in [2.24, 2.45) is 11.8 Å². The first kappa shape index (κ1) is 17.7. The number of rotatable bonds is 8. The highest BCUT2D eigenvalue weighted by Crippen LogP contribution is 2.24. The van der Waals surface area contributed by atoms with Crippen LogP contribution in [0.4, 0.5) is 11.6 Å². The average molecular weight is 293 g/mol. The zero-order valence-corrected chi connectivity index (χ0v) is 14.3. The van der Waals surface area contributed by atoms with Crippen LogP contribution in [-0.4, -0.2) is 22.6 Å². The first-order chi connectivity index (χ1) is 9.92. The molecule has 1 aromatic heterocycles. The number of nitrogen functional groups attached to an aromatic ring is 1. The number of nitrogens with one attached hydrogen (secondary N) is 1. The molecular weight excluding hydrogens is 262 g/mol. The van der Waals surface area contributed by atoms with E-state index >= 15 is 0 Å². The minimum Gasteiger partial charge on any atom is -0.353 e. The van der Waals surface area contributed by atoms with Crippen LogP contribution in [0.2, 0.25) is 0 Å². The van der Waals surface area contributed by atoms with Gasteiger partial charge in [-0.25, -0.2) is 15.8 Å². The fourth-order valence-electron chi connectivity index (χ4n) is 2.48. The van der Waals surface area contributed by atoms with Crippen LogP contribution in [0.25, 0.3) is 0 Å². The molecule has 0 fully saturated rings. The first-order valence-electron chi connectivity index (χ1n) is 8.05. The van der Waals surface area contributed by atoms with Crippen LogP contribution in [0, 0.1) is 5.92 Å². The summed E-state index contributed by atoms with van der Waals surface area (Å²) in [6.07, 6.45) is 2.21. The molecule has 0 saturated carbocycles. The Labute approximate surface area is 129 Å². The van der Waals surface area contributed by atoms with Crippen molar-refractivity contribution in [1.29, 1.82) is 0 Å². The van der Waals surface area contributed by atoms with Crippen molar-refractivity contribution in [3.63, 3.8) is 0 Å². The van der Waals surface area contributed by atoms with Crippen molar-refractivity contribution in [2.75, 3.05) is 16.9 Å². The van der Waals surface area contributed by atoms with E-state index in [1.54, 1.807) is 0 Å². The Kier molecular flexibility index (Phi) is 6.89. The van der Waals surface area contributed by atoms with Gasteiger partial charge in [0, 0.05) is 24.6 Å². The van der Waals surface area contributed by atoms with Gasteiger partial charge in [-0.05, 0) is 18.8 Å². The molecule has 1 aromatic rings. The number of hydrazine groups is 1. The predicted molar refractivity (Wildman–Crippen MR) is 90.5 cm³/mol. The smallest absolute Gasteiger partial charge is 0.145 e. The zero-order chi connectivity index (χ0) is 16.0. The van der Waals surface area contributed by atoms with Gasteiger partial charge < -0.3 is 10.3 Å². The highest BCUT2D eigenvalue weighted by Gasteiger charge is 2.20. The summed E-state index contributed by atoms with van der Waals surface area (Å²) in [5.41, 5.74) is 2.67. The van der Waals surface area contributed by atoms with E-state index in [9.17, 15) is 0 Å². The maximum atomic E-state index is 5.57. The summed E-state index contributed by atoms with van der Waals surface area (Å²) in [5, 5.41) is 0. The van der Waals surface area contributed by atoms with Crippen molar-refractivity contribution < 1.29 is 0 Å². The molecule has 0 amide bonds. The van der Waals surface area contributed by atoms with Gasteiger partial charge in [0.1, 0.15) is 17.5 Å². The molecule has 0 aliphatic carbocycles. The van der Waals surface area contributed by atoms with Crippen molar-refractivity contribution in [3.05, 3.63) is 11.9 Å². The third kappa shape index (κ3) is 4.84. The van der Waals surface area contributed by atoms with E-state index in [1.165, 1.54) is 0 Å². The highest BCUT2D eigenvalue weighted by atomic mass is 15.3. The fraction of sp³-hybridized carbons (Fsp3) is 0.750. The standard InChI is InChI=1S/C16H31N5/c1-7-13(8-2)21(10-11(3)4)15-9-14(20-17)18-16(19-15)12(5)6/h9,11-13H,7-8,10,17H2,1-6H3,(H,18,19,20). The molecule has 0 aliphatic heterocycles. The normalized spacial score (nSPS) is 11.5. The van der Waals surface area contributed by atoms with E-state index in [1.807, 2.05) is 6.07 Å². The van der Waals surface area contributed by atoms with Gasteiger partial charge in [0.2, 0.25) is 0 Å². The fourth-order valence-corrected chi connectivity index (χ4v) is 2.48. The van der Waals surface area contributed by atoms with E-state index in [2.05, 4.69) is 56.9 Å². The van der Waals surface area contributed by atoms with E-state index in [4.69, 9.17) is 10.8 Å². The third-order valence-electron chi connectivity index (χ3n) is 3.63. The topological polar surface area (TPSA) is 67.1 Å². The molecule has 5 heteroatoms. The summed E-state index contributed by atoms with van der Waals surface area (Å²) in [6, 6.07) is 2.44. The molecule has 3 N–H and O–H groups in total. The second-order valence-electron chi connectivity index (χ2n) is 6.29. The molecule has 5 nitrogen and oxygen atoms in total. The Bertz CT molecular complexity index is 427. The molecule has 0 aliphatic rings. The van der Waals surface area contributed by atoms with E-state index < -0.39 is 0 Å². The van der Waals surface area contributed by atoms with Crippen LogP contribution in [0.15, 0.2) is 6.07 Å². The summed E-state index contributed by atoms with van der Waals surface area (Å²) in [4.78, 5) is 11.6. The van der Waals surface area contributed by atoms with E-state index in [0.717, 1.165) is 31.0 Å². The molecule has 0 atom stereocenters. The van der Waals surface area contributed by atoms with Gasteiger partial charge >= 0.3 is 0 Å². The molecule has 0 bridgehead atoms. The maximum Gasteiger partial charge on any atom is 0.145 e. The summed E-state index contributed by atoms with van der Waals surface area (Å²) in [7, 11) is 0. The second-order valence-corrected chi connectivity index (χ2v) is 6.29. The number of nitrogens with two attached hydrogens (primary N) is 1. The van der Waals surface area contributed by atoms with Crippen LogP contribution >= 0.6 is 0 Å². The van der Waals surface area contributed by atoms with Crippen LogP contribution in [0.1, 0.15) is 66.1 Å². The molecule has 1 rings (SSSR count). The Morgan fingerprint density at radius 2 is 1.76 bits per heavy atom. The predicted octanol–water partition coefficient (Wildman–Crippen LogP) is 3.54. The molecule has 1 heterocycles. The van der Waals surface area contributed by atoms with Crippen molar-refractivity contribution in [3.8, 4) is 0 Å². The van der Waals surface area contributed by atoms with E-state index in [0.29, 0.717) is 17.8 Å². The highest BCUT2D eigenvalue weighted by molar-refractivity contribution is 5.50. The maximum absolute atomic E-state index is 5.57. The van der Waals surface area contributed by atoms with Gasteiger partial charge in [-0.3, -0.25) is 0 Å². The monoisotopic (exact) mass is 293 g/mol. The lowest BCUT2D eigenvalue weighted by molar-refractivity contribution is 0.502. The molecule has 21 heavy (non-hydrogen) atoms. The van der Waals surface area contributed by atoms with Crippen molar-refractivity contribution in [2.45, 2.75) is 66.3 Å². The van der Waals surface area contributed by atoms with Crippen LogP contribution in [0.3, 0.4) is 0 Å². The largest absolute Gasteiger partial charge is 0.353 e. The number of nitrogens with zero attached hydrogens (tertiary/aromatic N) is 3. The first-order valence-corrected chi connectivity index (χ1v) is 8.05. The van der Waals surface area contributed by atoms with Gasteiger partial charge in [0.25, 0.3) is 0 Å². The quantitative estimate of drug-likeness (QED) is 0.567. The van der Waals surface area contributed by atoms with Crippen LogP contribution in [0.5, 0.6) is 0 Å². The van der Waals surface area contributed by atoms with Crippen LogP contribution in [-0.2, 0) is 0 Å². The van der Waals surface area contributed by atoms with Gasteiger partial charge in [-0.15, -0.1) is 0 Å².